The van der Waals surface area contributed by atoms with E-state index in [1.165, 1.54) is 6.07 Å². The predicted molar refractivity (Wildman–Crippen MR) is 81.0 cm³/mol. The Balaban J connectivity index is 2.20. The van der Waals surface area contributed by atoms with Gasteiger partial charge in [-0.3, -0.25) is 10.1 Å². The van der Waals surface area contributed by atoms with E-state index >= 15 is 0 Å². The third-order valence-corrected chi connectivity index (χ3v) is 3.43. The summed E-state index contributed by atoms with van der Waals surface area (Å²) in [5, 5.41) is 14.0. The SMILES string of the molecule is CC(C)(CNc1cc(F)ccc1[N+](=O)[O-])c1ccccc1. The first-order valence-electron chi connectivity index (χ1n) is 6.63. The Morgan fingerprint density at radius 2 is 1.86 bits per heavy atom. The Hall–Kier alpha value is -2.43. The number of nitro groups is 1. The molecule has 0 spiro atoms. The van der Waals surface area contributed by atoms with Crippen LogP contribution in [0.1, 0.15) is 19.4 Å². The van der Waals surface area contributed by atoms with Crippen molar-refractivity contribution in [2.45, 2.75) is 19.3 Å². The third-order valence-electron chi connectivity index (χ3n) is 3.43. The second kappa shape index (κ2) is 5.91. The van der Waals surface area contributed by atoms with Crippen LogP contribution in [0.2, 0.25) is 0 Å². The van der Waals surface area contributed by atoms with Crippen molar-refractivity contribution in [1.82, 2.24) is 0 Å². The van der Waals surface area contributed by atoms with Gasteiger partial charge in [0.2, 0.25) is 0 Å². The molecule has 4 nitrogen and oxygen atoms in total. The zero-order valence-electron chi connectivity index (χ0n) is 12.0. The topological polar surface area (TPSA) is 55.2 Å². The van der Waals surface area contributed by atoms with Gasteiger partial charge in [-0.2, -0.15) is 0 Å². The molecule has 0 aliphatic rings. The maximum atomic E-state index is 13.3. The van der Waals surface area contributed by atoms with Crippen molar-refractivity contribution in [3.8, 4) is 0 Å². The zero-order chi connectivity index (χ0) is 15.5. The maximum Gasteiger partial charge on any atom is 0.292 e. The van der Waals surface area contributed by atoms with Gasteiger partial charge >= 0.3 is 0 Å². The van der Waals surface area contributed by atoms with Crippen LogP contribution in [0.4, 0.5) is 15.8 Å². The molecule has 2 rings (SSSR count). The van der Waals surface area contributed by atoms with Crippen LogP contribution in [0, 0.1) is 15.9 Å². The quantitative estimate of drug-likeness (QED) is 0.665. The summed E-state index contributed by atoms with van der Waals surface area (Å²) in [4.78, 5) is 10.5. The lowest BCUT2D eigenvalue weighted by molar-refractivity contribution is -0.384. The maximum absolute atomic E-state index is 13.3. The Labute approximate surface area is 122 Å². The van der Waals surface area contributed by atoms with Crippen LogP contribution >= 0.6 is 0 Å². The molecule has 0 radical (unpaired) electrons. The molecule has 2 aromatic rings. The minimum atomic E-state index is -0.517. The molecule has 0 aromatic heterocycles. The molecule has 0 fully saturated rings. The number of nitrogens with one attached hydrogen (secondary N) is 1. The van der Waals surface area contributed by atoms with E-state index in [9.17, 15) is 14.5 Å². The number of hydrogen-bond donors (Lipinski definition) is 1. The average molecular weight is 288 g/mol. The van der Waals surface area contributed by atoms with Crippen LogP contribution in [0.25, 0.3) is 0 Å². The molecule has 0 aliphatic heterocycles. The highest BCUT2D eigenvalue weighted by molar-refractivity contribution is 5.61. The molecule has 0 saturated heterocycles. The lowest BCUT2D eigenvalue weighted by atomic mass is 9.84. The number of hydrogen-bond acceptors (Lipinski definition) is 3. The minimum Gasteiger partial charge on any atom is -0.379 e. The molecule has 0 amide bonds. The summed E-state index contributed by atoms with van der Waals surface area (Å²) >= 11 is 0. The second-order valence-corrected chi connectivity index (χ2v) is 5.52. The second-order valence-electron chi connectivity index (χ2n) is 5.52. The Morgan fingerprint density at radius 1 is 1.19 bits per heavy atom. The molecule has 21 heavy (non-hydrogen) atoms. The van der Waals surface area contributed by atoms with Crippen LogP contribution in [-0.4, -0.2) is 11.5 Å². The number of nitrogens with zero attached hydrogens (tertiary/aromatic N) is 1. The van der Waals surface area contributed by atoms with E-state index in [2.05, 4.69) is 5.32 Å². The molecule has 0 atom stereocenters. The summed E-state index contributed by atoms with van der Waals surface area (Å²) in [6, 6.07) is 13.2. The Kier molecular flexibility index (Phi) is 4.21. The third kappa shape index (κ3) is 3.56. The van der Waals surface area contributed by atoms with Gasteiger partial charge in [0.05, 0.1) is 4.92 Å². The molecule has 0 bridgehead atoms. The Morgan fingerprint density at radius 3 is 2.48 bits per heavy atom. The van der Waals surface area contributed by atoms with E-state index in [1.807, 2.05) is 44.2 Å². The van der Waals surface area contributed by atoms with Gasteiger partial charge in [0, 0.05) is 24.1 Å². The number of halogens is 1. The fourth-order valence-corrected chi connectivity index (χ4v) is 2.12. The van der Waals surface area contributed by atoms with E-state index in [0.717, 1.165) is 17.7 Å². The number of rotatable bonds is 5. The van der Waals surface area contributed by atoms with Gasteiger partial charge in [-0.1, -0.05) is 44.2 Å². The lowest BCUT2D eigenvalue weighted by Gasteiger charge is -2.26. The zero-order valence-corrected chi connectivity index (χ0v) is 12.0. The summed E-state index contributed by atoms with van der Waals surface area (Å²) in [7, 11) is 0. The van der Waals surface area contributed by atoms with E-state index in [4.69, 9.17) is 0 Å². The molecule has 0 unspecified atom stereocenters. The van der Waals surface area contributed by atoms with E-state index in [-0.39, 0.29) is 16.8 Å². The fraction of sp³-hybridized carbons (Fsp3) is 0.250. The number of benzene rings is 2. The summed E-state index contributed by atoms with van der Waals surface area (Å²) in [5.41, 5.74) is 0.947. The fourth-order valence-electron chi connectivity index (χ4n) is 2.12. The highest BCUT2D eigenvalue weighted by Gasteiger charge is 2.22. The first-order chi connectivity index (χ1) is 9.90. The van der Waals surface area contributed by atoms with Crippen molar-refractivity contribution >= 4 is 11.4 Å². The van der Waals surface area contributed by atoms with Crippen molar-refractivity contribution in [2.24, 2.45) is 0 Å². The van der Waals surface area contributed by atoms with Gasteiger partial charge in [0.1, 0.15) is 11.5 Å². The highest BCUT2D eigenvalue weighted by Crippen LogP contribution is 2.28. The summed E-state index contributed by atoms with van der Waals surface area (Å²) in [6.45, 7) is 4.52. The lowest BCUT2D eigenvalue weighted by Crippen LogP contribution is -2.27. The van der Waals surface area contributed by atoms with E-state index < -0.39 is 10.7 Å². The van der Waals surface area contributed by atoms with Crippen molar-refractivity contribution in [3.05, 3.63) is 70.0 Å². The monoisotopic (exact) mass is 288 g/mol. The smallest absolute Gasteiger partial charge is 0.292 e. The van der Waals surface area contributed by atoms with Gasteiger partial charge in [0.25, 0.3) is 5.69 Å². The summed E-state index contributed by atoms with van der Waals surface area (Å²) in [5.74, 6) is -0.499. The summed E-state index contributed by atoms with van der Waals surface area (Å²) in [6.07, 6.45) is 0. The van der Waals surface area contributed by atoms with Gasteiger partial charge in [-0.25, -0.2) is 4.39 Å². The van der Waals surface area contributed by atoms with Gasteiger partial charge in [-0.05, 0) is 11.6 Å². The first kappa shape index (κ1) is 15.0. The standard InChI is InChI=1S/C16H17FN2O2/c1-16(2,12-6-4-3-5-7-12)11-18-14-10-13(17)8-9-15(14)19(20)21/h3-10,18H,11H2,1-2H3. The van der Waals surface area contributed by atoms with Crippen LogP contribution in [0.3, 0.4) is 0 Å². The number of anilines is 1. The molecule has 110 valence electrons. The number of nitro benzene ring substituents is 1. The molecule has 0 aliphatic carbocycles. The van der Waals surface area contributed by atoms with Crippen LogP contribution < -0.4 is 5.32 Å². The average Bonchev–Trinajstić information content (AvgIpc) is 2.46. The molecule has 0 heterocycles. The molecular formula is C16H17FN2O2. The largest absolute Gasteiger partial charge is 0.379 e. The molecular weight excluding hydrogens is 271 g/mol. The van der Waals surface area contributed by atoms with Crippen LogP contribution in [0.15, 0.2) is 48.5 Å². The van der Waals surface area contributed by atoms with Crippen LogP contribution in [-0.2, 0) is 5.41 Å². The first-order valence-corrected chi connectivity index (χ1v) is 6.63. The van der Waals surface area contributed by atoms with Crippen molar-refractivity contribution in [2.75, 3.05) is 11.9 Å². The Bertz CT molecular complexity index is 642. The van der Waals surface area contributed by atoms with Crippen molar-refractivity contribution in [3.63, 3.8) is 0 Å². The van der Waals surface area contributed by atoms with Gasteiger partial charge in [-0.15, -0.1) is 0 Å². The summed E-state index contributed by atoms with van der Waals surface area (Å²) < 4.78 is 13.3. The highest BCUT2D eigenvalue weighted by atomic mass is 19.1. The predicted octanol–water partition coefficient (Wildman–Crippen LogP) is 4.12. The molecule has 5 heteroatoms. The van der Waals surface area contributed by atoms with Crippen molar-refractivity contribution in [1.29, 1.82) is 0 Å². The molecule has 0 saturated carbocycles. The van der Waals surface area contributed by atoms with Gasteiger partial charge < -0.3 is 5.32 Å². The van der Waals surface area contributed by atoms with Crippen LogP contribution in [0.5, 0.6) is 0 Å². The van der Waals surface area contributed by atoms with E-state index in [0.29, 0.717) is 6.54 Å². The molecule has 2 aromatic carbocycles. The van der Waals surface area contributed by atoms with Gasteiger partial charge in [0.15, 0.2) is 0 Å². The minimum absolute atomic E-state index is 0.125. The normalized spacial score (nSPS) is 11.2. The molecule has 1 N–H and O–H groups in total. The van der Waals surface area contributed by atoms with Crippen molar-refractivity contribution < 1.29 is 9.31 Å². The van der Waals surface area contributed by atoms with E-state index in [1.54, 1.807) is 0 Å².